The Morgan fingerprint density at radius 3 is 2.84 bits per heavy atom. The van der Waals surface area contributed by atoms with Gasteiger partial charge < -0.3 is 23.5 Å². The summed E-state index contributed by atoms with van der Waals surface area (Å²) < 4.78 is 16.3. The Balaban J connectivity index is 1.48. The van der Waals surface area contributed by atoms with Crippen LogP contribution in [-0.4, -0.2) is 65.3 Å². The van der Waals surface area contributed by atoms with Gasteiger partial charge in [-0.2, -0.15) is 0 Å². The number of hydrogen-bond donors (Lipinski definition) is 0. The van der Waals surface area contributed by atoms with E-state index in [0.29, 0.717) is 43.8 Å². The summed E-state index contributed by atoms with van der Waals surface area (Å²) in [6, 6.07) is 5.33. The SMILES string of the molecule is Cc1cc(-c2cnc(N3CCOCC3)nc2[C@H]2CCCN(C(=O)c3ccco3)C2)on1. The van der Waals surface area contributed by atoms with E-state index in [1.165, 1.54) is 6.26 Å². The van der Waals surface area contributed by atoms with Gasteiger partial charge in [0.25, 0.3) is 5.91 Å². The summed E-state index contributed by atoms with van der Waals surface area (Å²) in [5.74, 6) is 1.68. The lowest BCUT2D eigenvalue weighted by molar-refractivity contribution is 0.0673. The van der Waals surface area contributed by atoms with E-state index >= 15 is 0 Å². The zero-order valence-corrected chi connectivity index (χ0v) is 17.5. The Hall–Kier alpha value is -3.20. The minimum atomic E-state index is -0.0887. The minimum absolute atomic E-state index is 0.0656. The number of nitrogens with zero attached hydrogens (tertiary/aromatic N) is 5. The molecule has 31 heavy (non-hydrogen) atoms. The molecule has 0 radical (unpaired) electrons. The fourth-order valence-electron chi connectivity index (χ4n) is 4.23. The average molecular weight is 423 g/mol. The van der Waals surface area contributed by atoms with Crippen molar-refractivity contribution in [3.63, 3.8) is 0 Å². The van der Waals surface area contributed by atoms with Crippen LogP contribution >= 0.6 is 0 Å². The number of rotatable bonds is 4. The Morgan fingerprint density at radius 1 is 1.23 bits per heavy atom. The fourth-order valence-corrected chi connectivity index (χ4v) is 4.23. The van der Waals surface area contributed by atoms with Crippen molar-refractivity contribution < 1.29 is 18.5 Å². The maximum atomic E-state index is 12.9. The van der Waals surface area contributed by atoms with Gasteiger partial charge in [-0.3, -0.25) is 4.79 Å². The third kappa shape index (κ3) is 4.05. The van der Waals surface area contributed by atoms with Crippen LogP contribution in [-0.2, 0) is 4.74 Å². The van der Waals surface area contributed by atoms with Crippen molar-refractivity contribution in [1.82, 2.24) is 20.0 Å². The van der Waals surface area contributed by atoms with Crippen LogP contribution in [0.4, 0.5) is 5.95 Å². The highest BCUT2D eigenvalue weighted by Crippen LogP contribution is 2.34. The van der Waals surface area contributed by atoms with Crippen LogP contribution in [0.5, 0.6) is 0 Å². The molecule has 0 bridgehead atoms. The number of furan rings is 1. The molecular weight excluding hydrogens is 398 g/mol. The fraction of sp³-hybridized carbons (Fsp3) is 0.455. The molecule has 0 spiro atoms. The third-order valence-corrected chi connectivity index (χ3v) is 5.82. The van der Waals surface area contributed by atoms with Gasteiger partial charge in [0.05, 0.1) is 36.4 Å². The normalized spacial score (nSPS) is 19.6. The maximum Gasteiger partial charge on any atom is 0.289 e. The van der Waals surface area contributed by atoms with Gasteiger partial charge in [0.1, 0.15) is 0 Å². The lowest BCUT2D eigenvalue weighted by Crippen LogP contribution is -2.40. The number of aryl methyl sites for hydroxylation is 1. The van der Waals surface area contributed by atoms with E-state index in [2.05, 4.69) is 15.0 Å². The topological polar surface area (TPSA) is 97.7 Å². The molecule has 9 heteroatoms. The number of anilines is 1. The molecule has 1 atom stereocenters. The Bertz CT molecular complexity index is 1040. The zero-order chi connectivity index (χ0) is 21.2. The van der Waals surface area contributed by atoms with E-state index in [9.17, 15) is 4.79 Å². The standard InChI is InChI=1S/C22H25N5O4/c1-15-12-19(31-25-15)17-13-23-22(26-7-10-29-11-8-26)24-20(17)16-4-2-6-27(14-16)21(28)18-5-3-9-30-18/h3,5,9,12-13,16H,2,4,6-8,10-11,14H2,1H3/t16-/m0/s1. The number of aromatic nitrogens is 3. The number of hydrogen-bond acceptors (Lipinski definition) is 8. The van der Waals surface area contributed by atoms with Crippen molar-refractivity contribution in [3.8, 4) is 11.3 Å². The van der Waals surface area contributed by atoms with Crippen LogP contribution in [0.25, 0.3) is 11.3 Å². The van der Waals surface area contributed by atoms with E-state index in [4.69, 9.17) is 18.7 Å². The van der Waals surface area contributed by atoms with Crippen molar-refractivity contribution in [2.75, 3.05) is 44.3 Å². The summed E-state index contributed by atoms with van der Waals surface area (Å²) in [5.41, 5.74) is 2.52. The summed E-state index contributed by atoms with van der Waals surface area (Å²) in [5, 5.41) is 4.03. The molecule has 1 amide bonds. The minimum Gasteiger partial charge on any atom is -0.459 e. The van der Waals surface area contributed by atoms with Crippen LogP contribution in [0.1, 0.15) is 40.7 Å². The predicted octanol–water partition coefficient (Wildman–Crippen LogP) is 2.89. The largest absolute Gasteiger partial charge is 0.459 e. The van der Waals surface area contributed by atoms with Gasteiger partial charge in [0.2, 0.25) is 5.95 Å². The molecule has 2 saturated heterocycles. The Labute approximate surface area is 180 Å². The second-order valence-electron chi connectivity index (χ2n) is 7.97. The number of morpholine rings is 1. The smallest absolute Gasteiger partial charge is 0.289 e. The van der Waals surface area contributed by atoms with E-state index in [0.717, 1.165) is 42.9 Å². The molecule has 0 saturated carbocycles. The van der Waals surface area contributed by atoms with Gasteiger partial charge in [-0.15, -0.1) is 0 Å². The van der Waals surface area contributed by atoms with Gasteiger partial charge in [-0.05, 0) is 31.9 Å². The number of ether oxygens (including phenoxy) is 1. The van der Waals surface area contributed by atoms with Crippen molar-refractivity contribution in [3.05, 3.63) is 47.8 Å². The predicted molar refractivity (Wildman–Crippen MR) is 112 cm³/mol. The van der Waals surface area contributed by atoms with E-state index in [1.807, 2.05) is 24.1 Å². The quantitative estimate of drug-likeness (QED) is 0.632. The first-order chi connectivity index (χ1) is 15.2. The molecule has 5 heterocycles. The Kier molecular flexibility index (Phi) is 5.42. The van der Waals surface area contributed by atoms with Crippen LogP contribution < -0.4 is 4.90 Å². The zero-order valence-electron chi connectivity index (χ0n) is 17.5. The number of carbonyl (C=O) groups is 1. The molecule has 2 aliphatic heterocycles. The molecule has 0 aliphatic carbocycles. The molecule has 3 aromatic rings. The summed E-state index contributed by atoms with van der Waals surface area (Å²) in [4.78, 5) is 26.4. The van der Waals surface area contributed by atoms with Crippen molar-refractivity contribution >= 4 is 11.9 Å². The van der Waals surface area contributed by atoms with Crippen molar-refractivity contribution in [1.29, 1.82) is 0 Å². The lowest BCUT2D eigenvalue weighted by Gasteiger charge is -2.33. The average Bonchev–Trinajstić information content (AvgIpc) is 3.51. The number of piperidine rings is 1. The summed E-state index contributed by atoms with van der Waals surface area (Å²) in [7, 11) is 0. The summed E-state index contributed by atoms with van der Waals surface area (Å²) in [6.07, 6.45) is 5.17. The van der Waals surface area contributed by atoms with Gasteiger partial charge in [-0.25, -0.2) is 9.97 Å². The highest BCUT2D eigenvalue weighted by atomic mass is 16.5. The number of likely N-dealkylation sites (tertiary alicyclic amines) is 1. The lowest BCUT2D eigenvalue weighted by atomic mass is 9.91. The van der Waals surface area contributed by atoms with Crippen LogP contribution in [0.3, 0.4) is 0 Å². The molecule has 3 aromatic heterocycles. The first-order valence-corrected chi connectivity index (χ1v) is 10.6. The third-order valence-electron chi connectivity index (χ3n) is 5.82. The second-order valence-corrected chi connectivity index (χ2v) is 7.97. The van der Waals surface area contributed by atoms with Gasteiger partial charge in [0, 0.05) is 44.4 Å². The molecule has 2 fully saturated rings. The second kappa shape index (κ2) is 8.50. The van der Waals surface area contributed by atoms with Gasteiger partial charge >= 0.3 is 0 Å². The number of amides is 1. The highest BCUT2D eigenvalue weighted by Gasteiger charge is 2.31. The Morgan fingerprint density at radius 2 is 2.10 bits per heavy atom. The molecule has 0 unspecified atom stereocenters. The van der Waals surface area contributed by atoms with Crippen LogP contribution in [0.2, 0.25) is 0 Å². The van der Waals surface area contributed by atoms with E-state index in [1.54, 1.807) is 12.1 Å². The van der Waals surface area contributed by atoms with Gasteiger partial charge in [-0.1, -0.05) is 5.16 Å². The van der Waals surface area contributed by atoms with Crippen molar-refractivity contribution in [2.24, 2.45) is 0 Å². The monoisotopic (exact) mass is 423 g/mol. The molecule has 5 rings (SSSR count). The van der Waals surface area contributed by atoms with E-state index in [-0.39, 0.29) is 11.8 Å². The van der Waals surface area contributed by atoms with E-state index < -0.39 is 0 Å². The molecule has 9 nitrogen and oxygen atoms in total. The van der Waals surface area contributed by atoms with Crippen LogP contribution in [0.15, 0.2) is 39.6 Å². The molecule has 0 aromatic carbocycles. The first kappa shape index (κ1) is 19.7. The van der Waals surface area contributed by atoms with Crippen LogP contribution in [0, 0.1) is 6.92 Å². The first-order valence-electron chi connectivity index (χ1n) is 10.6. The summed E-state index contributed by atoms with van der Waals surface area (Å²) in [6.45, 7) is 6.00. The number of carbonyl (C=O) groups excluding carboxylic acids is 1. The molecular formula is C22H25N5O4. The summed E-state index contributed by atoms with van der Waals surface area (Å²) >= 11 is 0. The molecule has 162 valence electrons. The highest BCUT2D eigenvalue weighted by molar-refractivity contribution is 5.91. The van der Waals surface area contributed by atoms with Crippen molar-refractivity contribution in [2.45, 2.75) is 25.7 Å². The molecule has 2 aliphatic rings. The maximum absolute atomic E-state index is 12.9. The molecule has 0 N–H and O–H groups in total. The van der Waals surface area contributed by atoms with Gasteiger partial charge in [0.15, 0.2) is 11.5 Å².